The summed E-state index contributed by atoms with van der Waals surface area (Å²) in [7, 11) is 0. The molecule has 0 atom stereocenters. The van der Waals surface area contributed by atoms with Crippen molar-refractivity contribution in [2.75, 3.05) is 31.5 Å². The predicted octanol–water partition coefficient (Wildman–Crippen LogP) is 4.39. The molecule has 1 aliphatic rings. The molecule has 1 fully saturated rings. The van der Waals surface area contributed by atoms with Gasteiger partial charge in [-0.25, -0.2) is 9.78 Å². The lowest BCUT2D eigenvalue weighted by atomic mass is 10.1. The van der Waals surface area contributed by atoms with Crippen LogP contribution in [0.4, 0.5) is 10.5 Å². The molecule has 2 aromatic carbocycles. The van der Waals surface area contributed by atoms with Gasteiger partial charge in [-0.05, 0) is 42.3 Å². The van der Waals surface area contributed by atoms with E-state index in [-0.39, 0.29) is 6.03 Å². The van der Waals surface area contributed by atoms with Crippen LogP contribution in [0.5, 0.6) is 0 Å². The average molecular weight is 399 g/mol. The molecular formula is C21H23ClN4O2. The van der Waals surface area contributed by atoms with Crippen molar-refractivity contribution in [2.24, 2.45) is 0 Å². The molecule has 1 aromatic heterocycles. The number of urea groups is 1. The Bertz CT molecular complexity index is 962. The van der Waals surface area contributed by atoms with Crippen LogP contribution in [0.15, 0.2) is 46.9 Å². The second-order valence-electron chi connectivity index (χ2n) is 6.96. The minimum atomic E-state index is -0.0552. The Labute approximate surface area is 169 Å². The zero-order valence-corrected chi connectivity index (χ0v) is 16.6. The Hall–Kier alpha value is -2.57. The second-order valence-corrected chi connectivity index (χ2v) is 7.40. The summed E-state index contributed by atoms with van der Waals surface area (Å²) in [6, 6.07) is 13.4. The number of nitrogens with zero attached hydrogens (tertiary/aromatic N) is 3. The number of oxazole rings is 1. The number of aromatic nitrogens is 1. The Morgan fingerprint density at radius 1 is 1.14 bits per heavy atom. The van der Waals surface area contributed by atoms with Gasteiger partial charge in [0, 0.05) is 36.9 Å². The molecule has 0 aliphatic carbocycles. The highest BCUT2D eigenvalue weighted by Gasteiger charge is 2.22. The Kier molecular flexibility index (Phi) is 5.50. The summed E-state index contributed by atoms with van der Waals surface area (Å²) in [6.07, 6.45) is 0.989. The third-order valence-electron chi connectivity index (χ3n) is 5.03. The molecule has 1 N–H and O–H groups in total. The zero-order chi connectivity index (χ0) is 19.5. The standard InChI is InChI=1S/C21H23ClN4O2/c1-2-15-3-6-17(7-4-15)23-21(27)26-11-9-25(10-12-26)14-20-24-18-13-16(22)5-8-19(18)28-20/h3-8,13H,2,9-12,14H2,1H3,(H,23,27). The number of fused-ring (bicyclic) bond motifs is 1. The molecule has 1 saturated heterocycles. The number of carbonyl (C=O) groups is 1. The first kappa shape index (κ1) is 18.8. The summed E-state index contributed by atoms with van der Waals surface area (Å²) in [5, 5.41) is 3.62. The summed E-state index contributed by atoms with van der Waals surface area (Å²) < 4.78 is 5.79. The van der Waals surface area contributed by atoms with Crippen LogP contribution in [0, 0.1) is 0 Å². The third-order valence-corrected chi connectivity index (χ3v) is 5.26. The van der Waals surface area contributed by atoms with Crippen molar-refractivity contribution in [3.05, 3.63) is 58.9 Å². The number of halogens is 1. The molecule has 0 radical (unpaired) electrons. The van der Waals surface area contributed by atoms with Gasteiger partial charge in [0.25, 0.3) is 0 Å². The summed E-state index contributed by atoms with van der Waals surface area (Å²) >= 11 is 6.00. The Balaban J connectivity index is 1.30. The van der Waals surface area contributed by atoms with Crippen molar-refractivity contribution >= 4 is 34.4 Å². The van der Waals surface area contributed by atoms with Gasteiger partial charge in [-0.15, -0.1) is 0 Å². The first-order chi connectivity index (χ1) is 13.6. The fourth-order valence-electron chi connectivity index (χ4n) is 3.34. The Morgan fingerprint density at radius 3 is 2.61 bits per heavy atom. The van der Waals surface area contributed by atoms with Gasteiger partial charge < -0.3 is 14.6 Å². The van der Waals surface area contributed by atoms with E-state index in [2.05, 4.69) is 22.1 Å². The minimum absolute atomic E-state index is 0.0552. The molecule has 2 amide bonds. The molecule has 1 aliphatic heterocycles. The monoisotopic (exact) mass is 398 g/mol. The van der Waals surface area contributed by atoms with Crippen molar-refractivity contribution < 1.29 is 9.21 Å². The number of hydrogen-bond acceptors (Lipinski definition) is 4. The third kappa shape index (κ3) is 4.29. The molecule has 0 bridgehead atoms. The molecule has 0 spiro atoms. The van der Waals surface area contributed by atoms with Crippen LogP contribution >= 0.6 is 11.6 Å². The van der Waals surface area contributed by atoms with E-state index in [0.29, 0.717) is 30.5 Å². The molecule has 0 saturated carbocycles. The highest BCUT2D eigenvalue weighted by molar-refractivity contribution is 6.31. The number of piperazine rings is 1. The van der Waals surface area contributed by atoms with Gasteiger partial charge in [0.05, 0.1) is 6.54 Å². The SMILES string of the molecule is CCc1ccc(NC(=O)N2CCN(Cc3nc4cc(Cl)ccc4o3)CC2)cc1. The number of anilines is 1. The van der Waals surface area contributed by atoms with Crippen LogP contribution in [0.3, 0.4) is 0 Å². The van der Waals surface area contributed by atoms with E-state index in [1.807, 2.05) is 35.2 Å². The number of benzene rings is 2. The summed E-state index contributed by atoms with van der Waals surface area (Å²) in [5.74, 6) is 0.672. The molecule has 3 aromatic rings. The highest BCUT2D eigenvalue weighted by atomic mass is 35.5. The molecular weight excluding hydrogens is 376 g/mol. The molecule has 0 unspecified atom stereocenters. The molecule has 2 heterocycles. The number of hydrogen-bond donors (Lipinski definition) is 1. The fraction of sp³-hybridized carbons (Fsp3) is 0.333. The summed E-state index contributed by atoms with van der Waals surface area (Å²) in [4.78, 5) is 21.1. The van der Waals surface area contributed by atoms with Crippen LogP contribution in [-0.4, -0.2) is 47.0 Å². The summed E-state index contributed by atoms with van der Waals surface area (Å²) in [6.45, 7) is 5.64. The van der Waals surface area contributed by atoms with E-state index in [1.165, 1.54) is 5.56 Å². The molecule has 28 heavy (non-hydrogen) atoms. The maximum atomic E-state index is 12.5. The van der Waals surface area contributed by atoms with Gasteiger partial charge in [0.1, 0.15) is 5.52 Å². The maximum absolute atomic E-state index is 12.5. The summed E-state index contributed by atoms with van der Waals surface area (Å²) in [5.41, 5.74) is 3.60. The van der Waals surface area contributed by atoms with Crippen LogP contribution in [0.25, 0.3) is 11.1 Å². The fourth-order valence-corrected chi connectivity index (χ4v) is 3.51. The first-order valence-corrected chi connectivity index (χ1v) is 9.90. The van der Waals surface area contributed by atoms with E-state index in [1.54, 1.807) is 12.1 Å². The maximum Gasteiger partial charge on any atom is 0.321 e. The van der Waals surface area contributed by atoms with Crippen LogP contribution in [0.1, 0.15) is 18.4 Å². The second kappa shape index (κ2) is 8.20. The van der Waals surface area contributed by atoms with Gasteiger partial charge >= 0.3 is 6.03 Å². The van der Waals surface area contributed by atoms with Crippen LogP contribution < -0.4 is 5.32 Å². The van der Waals surface area contributed by atoms with Gasteiger partial charge in [-0.1, -0.05) is 30.7 Å². The lowest BCUT2D eigenvalue weighted by Crippen LogP contribution is -2.49. The molecule has 146 valence electrons. The van der Waals surface area contributed by atoms with Crippen molar-refractivity contribution in [3.8, 4) is 0 Å². The molecule has 7 heteroatoms. The van der Waals surface area contributed by atoms with Crippen LogP contribution in [0.2, 0.25) is 5.02 Å². The van der Waals surface area contributed by atoms with Crippen molar-refractivity contribution in [1.82, 2.24) is 14.8 Å². The first-order valence-electron chi connectivity index (χ1n) is 9.53. The van der Waals surface area contributed by atoms with Crippen molar-refractivity contribution in [1.29, 1.82) is 0 Å². The minimum Gasteiger partial charge on any atom is -0.439 e. The van der Waals surface area contributed by atoms with Crippen molar-refractivity contribution in [2.45, 2.75) is 19.9 Å². The van der Waals surface area contributed by atoms with Gasteiger partial charge in [-0.2, -0.15) is 0 Å². The number of carbonyl (C=O) groups excluding carboxylic acids is 1. The number of aryl methyl sites for hydroxylation is 1. The van der Waals surface area contributed by atoms with E-state index in [0.717, 1.165) is 36.3 Å². The largest absolute Gasteiger partial charge is 0.439 e. The smallest absolute Gasteiger partial charge is 0.321 e. The van der Waals surface area contributed by atoms with E-state index in [9.17, 15) is 4.79 Å². The number of nitrogens with one attached hydrogen (secondary N) is 1. The van der Waals surface area contributed by atoms with E-state index >= 15 is 0 Å². The highest BCUT2D eigenvalue weighted by Crippen LogP contribution is 2.21. The average Bonchev–Trinajstić information content (AvgIpc) is 3.10. The topological polar surface area (TPSA) is 61.6 Å². The van der Waals surface area contributed by atoms with E-state index in [4.69, 9.17) is 16.0 Å². The van der Waals surface area contributed by atoms with E-state index < -0.39 is 0 Å². The van der Waals surface area contributed by atoms with Gasteiger partial charge in [0.15, 0.2) is 5.58 Å². The lowest BCUT2D eigenvalue weighted by molar-refractivity contribution is 0.136. The normalized spacial score (nSPS) is 15.1. The molecule has 6 nitrogen and oxygen atoms in total. The van der Waals surface area contributed by atoms with Crippen LogP contribution in [-0.2, 0) is 13.0 Å². The Morgan fingerprint density at radius 2 is 1.89 bits per heavy atom. The van der Waals surface area contributed by atoms with Crippen molar-refractivity contribution in [3.63, 3.8) is 0 Å². The molecule has 4 rings (SSSR count). The quantitative estimate of drug-likeness (QED) is 0.707. The van der Waals surface area contributed by atoms with Gasteiger partial charge in [-0.3, -0.25) is 4.90 Å². The number of amides is 2. The lowest BCUT2D eigenvalue weighted by Gasteiger charge is -2.34. The zero-order valence-electron chi connectivity index (χ0n) is 15.8. The number of rotatable bonds is 4. The predicted molar refractivity (Wildman–Crippen MR) is 111 cm³/mol. The van der Waals surface area contributed by atoms with Gasteiger partial charge in [0.2, 0.25) is 5.89 Å².